The van der Waals surface area contributed by atoms with Gasteiger partial charge in [0.2, 0.25) is 0 Å². The van der Waals surface area contributed by atoms with Crippen molar-refractivity contribution in [3.63, 3.8) is 0 Å². The Morgan fingerprint density at radius 3 is 2.38 bits per heavy atom. The van der Waals surface area contributed by atoms with Crippen LogP contribution in [0.4, 0.5) is 0 Å². The van der Waals surface area contributed by atoms with Crippen molar-refractivity contribution in [2.24, 2.45) is 5.92 Å². The molecule has 0 spiro atoms. The summed E-state index contributed by atoms with van der Waals surface area (Å²) in [6, 6.07) is 2.80. The number of allylic oxidation sites excluding steroid dienone is 1. The monoisotopic (exact) mass is 178 g/mol. The first kappa shape index (κ1) is 10.3. The Morgan fingerprint density at radius 1 is 1.46 bits per heavy atom. The smallest absolute Gasteiger partial charge is 0.0943 e. The molecule has 2 nitrogen and oxygen atoms in total. The maximum absolute atomic E-state index is 8.70. The van der Waals surface area contributed by atoms with Crippen molar-refractivity contribution in [2.75, 3.05) is 13.1 Å². The van der Waals surface area contributed by atoms with Gasteiger partial charge in [-0.25, -0.2) is 0 Å². The Balaban J connectivity index is 2.40. The zero-order chi connectivity index (χ0) is 9.84. The molecule has 0 unspecified atom stereocenters. The van der Waals surface area contributed by atoms with Gasteiger partial charge in [-0.05, 0) is 45.7 Å². The van der Waals surface area contributed by atoms with E-state index in [1.807, 2.05) is 0 Å². The molecule has 0 aliphatic carbocycles. The topological polar surface area (TPSA) is 27.0 Å². The molecule has 2 heteroatoms. The normalized spacial score (nSPS) is 20.2. The summed E-state index contributed by atoms with van der Waals surface area (Å²) in [6.45, 7) is 10.5. The molecular weight excluding hydrogens is 160 g/mol. The molecule has 0 aromatic heterocycles. The molecule has 0 bridgehead atoms. The highest BCUT2D eigenvalue weighted by Gasteiger charge is 2.22. The van der Waals surface area contributed by atoms with Crippen LogP contribution in [-0.4, -0.2) is 24.0 Å². The maximum atomic E-state index is 8.70. The van der Waals surface area contributed by atoms with Crippen LogP contribution >= 0.6 is 0 Å². The summed E-state index contributed by atoms with van der Waals surface area (Å²) in [4.78, 5) is 2.46. The predicted octanol–water partition coefficient (Wildman–Crippen LogP) is 2.19. The molecule has 0 radical (unpaired) electrons. The second kappa shape index (κ2) is 4.43. The van der Waals surface area contributed by atoms with Gasteiger partial charge < -0.3 is 4.90 Å². The molecule has 0 amide bonds. The zero-order valence-corrected chi connectivity index (χ0v) is 8.58. The summed E-state index contributed by atoms with van der Waals surface area (Å²) in [5.41, 5.74) is 0.767. The highest BCUT2D eigenvalue weighted by molar-refractivity contribution is 5.20. The first-order valence-electron chi connectivity index (χ1n) is 4.98. The van der Waals surface area contributed by atoms with Crippen molar-refractivity contribution in [2.45, 2.75) is 32.7 Å². The van der Waals surface area contributed by atoms with Gasteiger partial charge in [0.1, 0.15) is 0 Å². The van der Waals surface area contributed by atoms with Crippen LogP contribution in [0.2, 0.25) is 0 Å². The summed E-state index contributed by atoms with van der Waals surface area (Å²) in [7, 11) is 0. The number of hydrogen-bond donors (Lipinski definition) is 0. The molecule has 1 aliphatic rings. The zero-order valence-electron chi connectivity index (χ0n) is 8.58. The first-order chi connectivity index (χ1) is 6.15. The van der Waals surface area contributed by atoms with Gasteiger partial charge in [0, 0.05) is 11.6 Å². The van der Waals surface area contributed by atoms with E-state index in [9.17, 15) is 0 Å². The number of rotatable bonds is 2. The molecule has 0 atom stereocenters. The number of likely N-dealkylation sites (tertiary alicyclic amines) is 1. The minimum atomic E-state index is 0.444. The third-order valence-corrected chi connectivity index (χ3v) is 2.90. The second-order valence-electron chi connectivity index (χ2n) is 4.04. The van der Waals surface area contributed by atoms with Gasteiger partial charge in [-0.15, -0.1) is 0 Å². The third kappa shape index (κ3) is 2.57. The summed E-state index contributed by atoms with van der Waals surface area (Å²) in [6.07, 6.45) is 2.20. The standard InChI is InChI=1S/C11H18N2/c1-9(2)13-6-4-11(5-7-13)10(3)8-12/h9,11H,3-7H2,1-2H3. The van der Waals surface area contributed by atoms with E-state index in [1.54, 1.807) is 0 Å². The van der Waals surface area contributed by atoms with Gasteiger partial charge in [-0.2, -0.15) is 5.26 Å². The first-order valence-corrected chi connectivity index (χ1v) is 4.98. The highest BCUT2D eigenvalue weighted by atomic mass is 15.1. The molecule has 1 saturated heterocycles. The molecule has 1 aliphatic heterocycles. The van der Waals surface area contributed by atoms with Gasteiger partial charge in [-0.3, -0.25) is 0 Å². The van der Waals surface area contributed by atoms with E-state index in [1.165, 1.54) is 0 Å². The van der Waals surface area contributed by atoms with Crippen molar-refractivity contribution < 1.29 is 0 Å². The Kier molecular flexibility index (Phi) is 3.50. The van der Waals surface area contributed by atoms with Crippen LogP contribution in [-0.2, 0) is 0 Å². The summed E-state index contributed by atoms with van der Waals surface area (Å²) in [5.74, 6) is 0.444. The number of piperidine rings is 1. The Bertz CT molecular complexity index is 217. The quantitative estimate of drug-likeness (QED) is 0.606. The Labute approximate surface area is 80.8 Å². The highest BCUT2D eigenvalue weighted by Crippen LogP contribution is 2.23. The van der Waals surface area contributed by atoms with E-state index in [-0.39, 0.29) is 0 Å². The summed E-state index contributed by atoms with van der Waals surface area (Å²) in [5, 5.41) is 8.70. The van der Waals surface area contributed by atoms with E-state index >= 15 is 0 Å². The van der Waals surface area contributed by atoms with Crippen molar-refractivity contribution in [3.05, 3.63) is 12.2 Å². The lowest BCUT2D eigenvalue weighted by molar-refractivity contribution is 0.162. The molecule has 0 saturated carbocycles. The van der Waals surface area contributed by atoms with Gasteiger partial charge in [0.25, 0.3) is 0 Å². The van der Waals surface area contributed by atoms with E-state index in [2.05, 4.69) is 31.4 Å². The van der Waals surface area contributed by atoms with Crippen LogP contribution < -0.4 is 0 Å². The average molecular weight is 178 g/mol. The molecule has 72 valence electrons. The fraction of sp³-hybridized carbons (Fsp3) is 0.727. The number of nitriles is 1. The minimum absolute atomic E-state index is 0.444. The van der Waals surface area contributed by atoms with Crippen molar-refractivity contribution in [3.8, 4) is 6.07 Å². The van der Waals surface area contributed by atoms with E-state index in [0.717, 1.165) is 31.5 Å². The SMILES string of the molecule is C=C(C#N)C1CCN(C(C)C)CC1. The Morgan fingerprint density at radius 2 is 2.00 bits per heavy atom. The lowest BCUT2D eigenvalue weighted by Gasteiger charge is -2.34. The van der Waals surface area contributed by atoms with Crippen LogP contribution in [0.25, 0.3) is 0 Å². The van der Waals surface area contributed by atoms with Crippen LogP contribution in [0.15, 0.2) is 12.2 Å². The van der Waals surface area contributed by atoms with Crippen LogP contribution in [0, 0.1) is 17.2 Å². The number of hydrogen-bond acceptors (Lipinski definition) is 2. The molecule has 0 N–H and O–H groups in total. The van der Waals surface area contributed by atoms with Crippen molar-refractivity contribution in [1.82, 2.24) is 4.90 Å². The summed E-state index contributed by atoms with van der Waals surface area (Å²) >= 11 is 0. The predicted molar refractivity (Wildman–Crippen MR) is 54.2 cm³/mol. The number of nitrogens with zero attached hydrogens (tertiary/aromatic N) is 2. The lowest BCUT2D eigenvalue weighted by atomic mass is 9.90. The van der Waals surface area contributed by atoms with Gasteiger partial charge in [0.15, 0.2) is 0 Å². The average Bonchev–Trinajstić information content (AvgIpc) is 2.17. The van der Waals surface area contributed by atoms with E-state index < -0.39 is 0 Å². The molecule has 1 fully saturated rings. The molecule has 0 aromatic rings. The van der Waals surface area contributed by atoms with Crippen LogP contribution in [0.5, 0.6) is 0 Å². The lowest BCUT2D eigenvalue weighted by Crippen LogP contribution is -2.38. The minimum Gasteiger partial charge on any atom is -0.301 e. The third-order valence-electron chi connectivity index (χ3n) is 2.90. The summed E-state index contributed by atoms with van der Waals surface area (Å²) < 4.78 is 0. The van der Waals surface area contributed by atoms with E-state index in [4.69, 9.17) is 5.26 Å². The van der Waals surface area contributed by atoms with E-state index in [0.29, 0.717) is 12.0 Å². The molecule has 0 aromatic carbocycles. The van der Waals surface area contributed by atoms with Crippen molar-refractivity contribution >= 4 is 0 Å². The Hall–Kier alpha value is -0.810. The second-order valence-corrected chi connectivity index (χ2v) is 4.04. The van der Waals surface area contributed by atoms with Crippen LogP contribution in [0.1, 0.15) is 26.7 Å². The fourth-order valence-corrected chi connectivity index (χ4v) is 1.86. The van der Waals surface area contributed by atoms with Crippen molar-refractivity contribution in [1.29, 1.82) is 5.26 Å². The molecular formula is C11H18N2. The molecule has 1 heterocycles. The molecule has 13 heavy (non-hydrogen) atoms. The maximum Gasteiger partial charge on any atom is 0.0943 e. The van der Waals surface area contributed by atoms with Crippen LogP contribution in [0.3, 0.4) is 0 Å². The van der Waals surface area contributed by atoms with Gasteiger partial charge in [-0.1, -0.05) is 6.58 Å². The van der Waals surface area contributed by atoms with Gasteiger partial charge >= 0.3 is 0 Å². The largest absolute Gasteiger partial charge is 0.301 e. The fourth-order valence-electron chi connectivity index (χ4n) is 1.86. The molecule has 1 rings (SSSR count). The van der Waals surface area contributed by atoms with Gasteiger partial charge in [0.05, 0.1) is 6.07 Å².